The minimum atomic E-state index is -0.0324. The van der Waals surface area contributed by atoms with E-state index in [9.17, 15) is 0 Å². The van der Waals surface area contributed by atoms with Gasteiger partial charge < -0.3 is 24.4 Å². The van der Waals surface area contributed by atoms with Crippen LogP contribution in [0.3, 0.4) is 0 Å². The van der Waals surface area contributed by atoms with Crippen LogP contribution in [0.4, 0.5) is 11.4 Å². The highest BCUT2D eigenvalue weighted by Gasteiger charge is 2.42. The van der Waals surface area contributed by atoms with Crippen molar-refractivity contribution >= 4 is 28.7 Å². The lowest BCUT2D eigenvalue weighted by Crippen LogP contribution is -2.36. The molecule has 7 heteroatoms. The van der Waals surface area contributed by atoms with Crippen LogP contribution in [0.2, 0.25) is 0 Å². The van der Waals surface area contributed by atoms with Gasteiger partial charge in [-0.25, -0.2) is 0 Å². The van der Waals surface area contributed by atoms with E-state index in [0.29, 0.717) is 6.04 Å². The number of hydrogen-bond acceptors (Lipinski definition) is 4. The van der Waals surface area contributed by atoms with Gasteiger partial charge in [-0.05, 0) is 74.6 Å². The lowest BCUT2D eigenvalue weighted by atomic mass is 10.0. The minimum Gasteiger partial charge on any atom is -0.378 e. The molecule has 2 aromatic heterocycles. The average molecular weight is 448 g/mol. The summed E-state index contributed by atoms with van der Waals surface area (Å²) in [5.74, 6) is 0. The van der Waals surface area contributed by atoms with Gasteiger partial charge in [-0.2, -0.15) is 0 Å². The third-order valence-corrected chi connectivity index (χ3v) is 6.59. The molecule has 0 saturated carbocycles. The molecule has 2 atom stereocenters. The number of anilines is 2. The van der Waals surface area contributed by atoms with E-state index in [1.54, 1.807) is 0 Å². The first kappa shape index (κ1) is 21.0. The van der Waals surface area contributed by atoms with Crippen molar-refractivity contribution in [3.63, 3.8) is 0 Å². The molecule has 2 aliphatic heterocycles. The van der Waals surface area contributed by atoms with Crippen molar-refractivity contribution in [3.8, 4) is 0 Å². The van der Waals surface area contributed by atoms with Crippen LogP contribution in [-0.4, -0.2) is 41.0 Å². The van der Waals surface area contributed by atoms with Gasteiger partial charge in [-0.3, -0.25) is 4.98 Å². The monoisotopic (exact) mass is 447 g/mol. The Morgan fingerprint density at radius 1 is 1.00 bits per heavy atom. The summed E-state index contributed by atoms with van der Waals surface area (Å²) in [5.41, 5.74) is 4.52. The first-order valence-corrected chi connectivity index (χ1v) is 11.6. The molecule has 0 spiro atoms. The zero-order chi connectivity index (χ0) is 22.1. The summed E-state index contributed by atoms with van der Waals surface area (Å²) >= 11 is 5.87. The summed E-state index contributed by atoms with van der Waals surface area (Å²) in [4.78, 5) is 9.27. The summed E-state index contributed by atoms with van der Waals surface area (Å²) in [6, 6.07) is 19.4. The van der Waals surface area contributed by atoms with Gasteiger partial charge in [0.1, 0.15) is 6.04 Å². The molecule has 2 fully saturated rings. The molecule has 2 aliphatic rings. The Kier molecular flexibility index (Phi) is 5.85. The van der Waals surface area contributed by atoms with E-state index in [0.717, 1.165) is 42.8 Å². The minimum absolute atomic E-state index is 0.00374. The predicted molar refractivity (Wildman–Crippen MR) is 132 cm³/mol. The third kappa shape index (κ3) is 3.87. The quantitative estimate of drug-likeness (QED) is 0.582. The van der Waals surface area contributed by atoms with Gasteiger partial charge >= 0.3 is 0 Å². The molecule has 3 aromatic rings. The van der Waals surface area contributed by atoms with Crippen molar-refractivity contribution in [1.29, 1.82) is 0 Å². The lowest BCUT2D eigenvalue weighted by molar-refractivity contribution is 0.122. The van der Waals surface area contributed by atoms with Crippen LogP contribution in [0.25, 0.3) is 0 Å². The second kappa shape index (κ2) is 8.92. The third-order valence-electron chi connectivity index (χ3n) is 6.27. The van der Waals surface area contributed by atoms with Crippen molar-refractivity contribution in [2.75, 3.05) is 36.1 Å². The first-order chi connectivity index (χ1) is 15.6. The lowest BCUT2D eigenvalue weighted by Gasteiger charge is -2.31. The molecule has 0 aliphatic carbocycles. The van der Waals surface area contributed by atoms with E-state index >= 15 is 0 Å². The fourth-order valence-electron chi connectivity index (χ4n) is 4.71. The molecule has 2 saturated heterocycles. The molecule has 0 amide bonds. The van der Waals surface area contributed by atoms with Crippen molar-refractivity contribution in [3.05, 3.63) is 78.4 Å². The number of morpholine rings is 1. The maximum Gasteiger partial charge on any atom is 0.174 e. The van der Waals surface area contributed by atoms with Crippen LogP contribution in [0.15, 0.2) is 67.0 Å². The number of rotatable bonds is 5. The topological polar surface area (TPSA) is 45.6 Å². The van der Waals surface area contributed by atoms with Gasteiger partial charge in [0.2, 0.25) is 0 Å². The van der Waals surface area contributed by atoms with Gasteiger partial charge in [-0.15, -0.1) is 0 Å². The Morgan fingerprint density at radius 3 is 2.44 bits per heavy atom. The molecule has 32 heavy (non-hydrogen) atoms. The fourth-order valence-corrected chi connectivity index (χ4v) is 5.05. The number of nitrogens with zero attached hydrogens (tertiary/aromatic N) is 4. The van der Waals surface area contributed by atoms with Crippen LogP contribution >= 0.6 is 12.2 Å². The predicted octanol–water partition coefficient (Wildman–Crippen LogP) is 4.48. The molecule has 1 N–H and O–H groups in total. The Balaban J connectivity index is 1.53. The Labute approximate surface area is 194 Å². The number of aromatic nitrogens is 2. The van der Waals surface area contributed by atoms with Crippen molar-refractivity contribution in [2.24, 2.45) is 0 Å². The smallest absolute Gasteiger partial charge is 0.174 e. The number of thiocarbonyl (C=S) groups is 1. The van der Waals surface area contributed by atoms with Crippen LogP contribution in [-0.2, 0) is 4.74 Å². The number of nitrogens with one attached hydrogen (secondary N) is 1. The van der Waals surface area contributed by atoms with Crippen LogP contribution in [0, 0.1) is 0 Å². The van der Waals surface area contributed by atoms with Crippen LogP contribution < -0.4 is 15.1 Å². The Morgan fingerprint density at radius 2 is 1.75 bits per heavy atom. The molecular weight excluding hydrogens is 418 g/mol. The summed E-state index contributed by atoms with van der Waals surface area (Å²) in [6.45, 7) is 7.83. The molecule has 0 bridgehead atoms. The number of pyridine rings is 1. The molecular formula is C25H29N5OS. The molecule has 0 radical (unpaired) electrons. The number of hydrogen-bond donors (Lipinski definition) is 1. The van der Waals surface area contributed by atoms with Gasteiger partial charge in [0.25, 0.3) is 0 Å². The Hall–Kier alpha value is -2.90. The Bertz CT molecular complexity index is 1060. The number of benzene rings is 1. The fraction of sp³-hybridized carbons (Fsp3) is 0.360. The summed E-state index contributed by atoms with van der Waals surface area (Å²) in [6.07, 6.45) is 3.99. The summed E-state index contributed by atoms with van der Waals surface area (Å²) in [5, 5.41) is 4.28. The average Bonchev–Trinajstić information content (AvgIpc) is 3.45. The van der Waals surface area contributed by atoms with E-state index in [1.165, 1.54) is 11.4 Å². The van der Waals surface area contributed by atoms with E-state index in [1.807, 2.05) is 18.3 Å². The molecule has 6 nitrogen and oxygen atoms in total. The highest BCUT2D eigenvalue weighted by atomic mass is 32.1. The van der Waals surface area contributed by atoms with E-state index in [2.05, 4.69) is 87.2 Å². The molecule has 0 unspecified atom stereocenters. The zero-order valence-electron chi connectivity index (χ0n) is 18.5. The standard InChI is InChI=1S/C25H29N5OS/c1-18(2)29-13-5-7-22(29)24-23(21-6-3-4-12-26-21)27-25(32)30(24)20-10-8-19(9-11-20)28-14-16-31-17-15-28/h3-13,18,23-24H,14-17H2,1-2H3,(H,27,32)/t23-,24+/m1/s1. The van der Waals surface area contributed by atoms with Gasteiger partial charge in [0, 0.05) is 48.6 Å². The van der Waals surface area contributed by atoms with Crippen LogP contribution in [0.1, 0.15) is 43.4 Å². The van der Waals surface area contributed by atoms with E-state index in [-0.39, 0.29) is 12.1 Å². The summed E-state index contributed by atoms with van der Waals surface area (Å²) in [7, 11) is 0. The molecule has 5 rings (SSSR count). The first-order valence-electron chi connectivity index (χ1n) is 11.2. The summed E-state index contributed by atoms with van der Waals surface area (Å²) < 4.78 is 7.82. The van der Waals surface area contributed by atoms with E-state index < -0.39 is 0 Å². The molecule has 166 valence electrons. The highest BCUT2D eigenvalue weighted by molar-refractivity contribution is 7.80. The molecule has 1 aromatic carbocycles. The van der Waals surface area contributed by atoms with Gasteiger partial charge in [0.15, 0.2) is 5.11 Å². The van der Waals surface area contributed by atoms with Gasteiger partial charge in [0.05, 0.1) is 24.9 Å². The van der Waals surface area contributed by atoms with Crippen LogP contribution in [0.5, 0.6) is 0 Å². The molecule has 4 heterocycles. The second-order valence-corrected chi connectivity index (χ2v) is 8.93. The number of ether oxygens (including phenoxy) is 1. The normalized spacial score (nSPS) is 21.3. The van der Waals surface area contributed by atoms with Crippen molar-refractivity contribution in [2.45, 2.75) is 32.0 Å². The van der Waals surface area contributed by atoms with Crippen molar-refractivity contribution < 1.29 is 4.74 Å². The zero-order valence-corrected chi connectivity index (χ0v) is 19.3. The van der Waals surface area contributed by atoms with Crippen molar-refractivity contribution in [1.82, 2.24) is 14.9 Å². The van der Waals surface area contributed by atoms with E-state index in [4.69, 9.17) is 17.0 Å². The van der Waals surface area contributed by atoms with Gasteiger partial charge in [-0.1, -0.05) is 6.07 Å². The largest absolute Gasteiger partial charge is 0.378 e. The second-order valence-electron chi connectivity index (χ2n) is 8.55. The maximum absolute atomic E-state index is 5.87. The SMILES string of the molecule is CC(C)n1cccc1[C@H]1[C@@H](c2ccccn2)NC(=S)N1c1ccc(N2CCOCC2)cc1. The highest BCUT2D eigenvalue weighted by Crippen LogP contribution is 2.42. The maximum atomic E-state index is 5.87.